The lowest BCUT2D eigenvalue weighted by molar-refractivity contribution is 0.0104. The Balaban J connectivity index is 1.63. The van der Waals surface area contributed by atoms with E-state index in [9.17, 15) is 9.59 Å². The van der Waals surface area contributed by atoms with Gasteiger partial charge in [-0.15, -0.1) is 0 Å². The fourth-order valence-electron chi connectivity index (χ4n) is 6.58. The van der Waals surface area contributed by atoms with E-state index in [4.69, 9.17) is 9.47 Å². The zero-order valence-electron chi connectivity index (χ0n) is 23.2. The maximum Gasteiger partial charge on any atom is 0.410 e. The summed E-state index contributed by atoms with van der Waals surface area (Å²) in [4.78, 5) is 34.2. The maximum atomic E-state index is 14.2. The first-order valence-electron chi connectivity index (χ1n) is 13.3. The average Bonchev–Trinajstić information content (AvgIpc) is 3.38. The highest BCUT2D eigenvalue weighted by molar-refractivity contribution is 6.00. The first-order chi connectivity index (χ1) is 16.8. The molecule has 3 heterocycles. The molecular formula is C29H43N3O4. The number of hydrogen-bond acceptors (Lipinski definition) is 4. The molecule has 1 spiro atoms. The molecule has 2 aromatic rings. The van der Waals surface area contributed by atoms with E-state index in [0.29, 0.717) is 37.2 Å². The number of nitrogens with zero attached hydrogens (tertiary/aromatic N) is 2. The van der Waals surface area contributed by atoms with Crippen molar-refractivity contribution in [1.82, 2.24) is 14.8 Å². The van der Waals surface area contributed by atoms with Crippen molar-refractivity contribution in [2.75, 3.05) is 26.7 Å². The number of carbonyl (C=O) groups excluding carboxylic acids is 2. The molecule has 1 N–H and O–H groups in total. The van der Waals surface area contributed by atoms with Crippen LogP contribution in [0.5, 0.6) is 5.75 Å². The normalized spacial score (nSPS) is 19.5. The number of hydrogen-bond donors (Lipinski definition) is 1. The SMILES string of the molecule is COc1cccc2[nH]c(C(=O)N3CC4(CCN(C(=O)OC(C)(C)C)CC4)CC3(C(C)C)C(C)C)cc12. The molecule has 36 heavy (non-hydrogen) atoms. The minimum absolute atomic E-state index is 0.00752. The Morgan fingerprint density at radius 1 is 1.06 bits per heavy atom. The summed E-state index contributed by atoms with van der Waals surface area (Å²) in [5.41, 5.74) is 0.731. The molecule has 1 aromatic carbocycles. The number of H-pyrrole nitrogens is 1. The van der Waals surface area contributed by atoms with Crippen molar-refractivity contribution >= 4 is 22.9 Å². The Morgan fingerprint density at radius 3 is 2.25 bits per heavy atom. The summed E-state index contributed by atoms with van der Waals surface area (Å²) in [7, 11) is 1.65. The number of piperidine rings is 1. The zero-order valence-corrected chi connectivity index (χ0v) is 23.2. The van der Waals surface area contributed by atoms with Crippen LogP contribution in [0.25, 0.3) is 10.9 Å². The number of benzene rings is 1. The first-order valence-corrected chi connectivity index (χ1v) is 13.3. The molecule has 4 rings (SSSR count). The lowest BCUT2D eigenvalue weighted by Crippen LogP contribution is -2.54. The summed E-state index contributed by atoms with van der Waals surface area (Å²) in [6, 6.07) is 7.75. The molecule has 2 aliphatic rings. The molecule has 0 aliphatic carbocycles. The first kappa shape index (κ1) is 26.4. The molecular weight excluding hydrogens is 454 g/mol. The summed E-state index contributed by atoms with van der Waals surface area (Å²) in [5.74, 6) is 1.39. The number of aromatic amines is 1. The van der Waals surface area contributed by atoms with Crippen molar-refractivity contribution in [3.05, 3.63) is 30.0 Å². The third-order valence-corrected chi connectivity index (χ3v) is 8.45. The molecule has 2 aliphatic heterocycles. The zero-order chi connectivity index (χ0) is 26.5. The lowest BCUT2D eigenvalue weighted by atomic mass is 9.67. The van der Waals surface area contributed by atoms with E-state index in [0.717, 1.165) is 35.9 Å². The van der Waals surface area contributed by atoms with E-state index >= 15 is 0 Å². The topological polar surface area (TPSA) is 74.9 Å². The number of fused-ring (bicyclic) bond motifs is 1. The molecule has 0 radical (unpaired) electrons. The van der Waals surface area contributed by atoms with E-state index in [1.807, 2.05) is 49.9 Å². The number of amides is 2. The van der Waals surface area contributed by atoms with Crippen LogP contribution >= 0.6 is 0 Å². The number of nitrogens with one attached hydrogen (secondary N) is 1. The summed E-state index contributed by atoms with van der Waals surface area (Å²) in [5, 5.41) is 0.919. The van der Waals surface area contributed by atoms with Gasteiger partial charge in [0.15, 0.2) is 0 Å². The Morgan fingerprint density at radius 2 is 1.69 bits per heavy atom. The standard InChI is InChI=1S/C29H43N3O4/c1-19(2)29(20(3)4)17-28(12-14-31(15-13-28)26(34)36-27(5,6)7)18-32(29)25(33)23-16-21-22(30-23)10-9-11-24(21)35-8/h9-11,16,19-20,30H,12-15,17-18H2,1-8H3. The second-order valence-electron chi connectivity index (χ2n) is 12.4. The van der Waals surface area contributed by atoms with Crippen LogP contribution in [-0.2, 0) is 4.74 Å². The van der Waals surface area contributed by atoms with Gasteiger partial charge in [-0.05, 0) is 75.5 Å². The number of aromatic nitrogens is 1. The predicted molar refractivity (Wildman–Crippen MR) is 142 cm³/mol. The number of methoxy groups -OCH3 is 1. The molecule has 0 atom stereocenters. The van der Waals surface area contributed by atoms with Crippen LogP contribution in [0.4, 0.5) is 4.79 Å². The third kappa shape index (κ3) is 4.57. The fourth-order valence-corrected chi connectivity index (χ4v) is 6.58. The number of carbonyl (C=O) groups is 2. The fraction of sp³-hybridized carbons (Fsp3) is 0.655. The van der Waals surface area contributed by atoms with Crippen molar-refractivity contribution in [2.45, 2.75) is 78.9 Å². The molecule has 2 saturated heterocycles. The molecule has 0 saturated carbocycles. The highest BCUT2D eigenvalue weighted by atomic mass is 16.6. The maximum absolute atomic E-state index is 14.2. The van der Waals surface area contributed by atoms with Crippen molar-refractivity contribution in [3.63, 3.8) is 0 Å². The van der Waals surface area contributed by atoms with Crippen LogP contribution in [0.1, 0.15) is 78.2 Å². The molecule has 0 bridgehead atoms. The minimum atomic E-state index is -0.504. The van der Waals surface area contributed by atoms with Crippen molar-refractivity contribution in [2.24, 2.45) is 17.3 Å². The van der Waals surface area contributed by atoms with Gasteiger partial charge in [-0.1, -0.05) is 33.8 Å². The largest absolute Gasteiger partial charge is 0.496 e. The van der Waals surface area contributed by atoms with Gasteiger partial charge in [0, 0.05) is 36.1 Å². The Bertz CT molecular complexity index is 1110. The highest BCUT2D eigenvalue weighted by Crippen LogP contribution is 2.54. The van der Waals surface area contributed by atoms with Crippen LogP contribution in [-0.4, -0.2) is 64.7 Å². The van der Waals surface area contributed by atoms with Crippen molar-refractivity contribution in [1.29, 1.82) is 0 Å². The average molecular weight is 498 g/mol. The van der Waals surface area contributed by atoms with Crippen LogP contribution in [0.3, 0.4) is 0 Å². The Kier molecular flexibility index (Phi) is 6.82. The van der Waals surface area contributed by atoms with Crippen LogP contribution in [0.2, 0.25) is 0 Å². The van der Waals surface area contributed by atoms with E-state index < -0.39 is 5.60 Å². The molecule has 7 heteroatoms. The second kappa shape index (κ2) is 9.31. The molecule has 198 valence electrons. The summed E-state index contributed by atoms with van der Waals surface area (Å²) in [6.07, 6.45) is 2.46. The molecule has 0 unspecified atom stereocenters. The van der Waals surface area contributed by atoms with Gasteiger partial charge in [-0.2, -0.15) is 0 Å². The highest BCUT2D eigenvalue weighted by Gasteiger charge is 2.58. The van der Waals surface area contributed by atoms with E-state index in [-0.39, 0.29) is 23.0 Å². The van der Waals surface area contributed by atoms with Gasteiger partial charge in [0.1, 0.15) is 17.0 Å². The minimum Gasteiger partial charge on any atom is -0.496 e. The van der Waals surface area contributed by atoms with Crippen LogP contribution in [0, 0.1) is 17.3 Å². The van der Waals surface area contributed by atoms with Gasteiger partial charge in [0.05, 0.1) is 7.11 Å². The lowest BCUT2D eigenvalue weighted by Gasteiger charge is -2.46. The van der Waals surface area contributed by atoms with Gasteiger partial charge in [-0.25, -0.2) is 4.79 Å². The Hall–Kier alpha value is -2.70. The quantitative estimate of drug-likeness (QED) is 0.555. The molecule has 2 amide bonds. The van der Waals surface area contributed by atoms with Gasteiger partial charge >= 0.3 is 6.09 Å². The van der Waals surface area contributed by atoms with E-state index in [1.54, 1.807) is 7.11 Å². The van der Waals surface area contributed by atoms with Gasteiger partial charge in [0.25, 0.3) is 5.91 Å². The van der Waals surface area contributed by atoms with Gasteiger partial charge in [-0.3, -0.25) is 4.79 Å². The van der Waals surface area contributed by atoms with Crippen LogP contribution in [0.15, 0.2) is 24.3 Å². The monoisotopic (exact) mass is 497 g/mol. The summed E-state index contributed by atoms with van der Waals surface area (Å²) in [6.45, 7) is 16.7. The van der Waals surface area contributed by atoms with Crippen molar-refractivity contribution in [3.8, 4) is 5.75 Å². The van der Waals surface area contributed by atoms with E-state index in [2.05, 4.69) is 37.6 Å². The summed E-state index contributed by atoms with van der Waals surface area (Å²) >= 11 is 0. The molecule has 7 nitrogen and oxygen atoms in total. The second-order valence-corrected chi connectivity index (χ2v) is 12.4. The van der Waals surface area contributed by atoms with E-state index in [1.165, 1.54) is 0 Å². The van der Waals surface area contributed by atoms with Gasteiger partial charge < -0.3 is 24.3 Å². The molecule has 1 aromatic heterocycles. The van der Waals surface area contributed by atoms with Crippen LogP contribution < -0.4 is 4.74 Å². The number of likely N-dealkylation sites (tertiary alicyclic amines) is 2. The third-order valence-electron chi connectivity index (χ3n) is 8.45. The number of rotatable bonds is 4. The van der Waals surface area contributed by atoms with Crippen molar-refractivity contribution < 1.29 is 19.1 Å². The number of ether oxygens (including phenoxy) is 2. The Labute approximate surface area is 215 Å². The molecule has 2 fully saturated rings. The predicted octanol–water partition coefficient (Wildman–Crippen LogP) is 6.09. The van der Waals surface area contributed by atoms with Gasteiger partial charge in [0.2, 0.25) is 0 Å². The smallest absolute Gasteiger partial charge is 0.410 e. The summed E-state index contributed by atoms with van der Waals surface area (Å²) < 4.78 is 11.1.